The Labute approximate surface area is 135 Å². The summed E-state index contributed by atoms with van der Waals surface area (Å²) in [5, 5.41) is 2.92. The smallest absolute Gasteiger partial charge is 0.256 e. The van der Waals surface area contributed by atoms with E-state index in [1.54, 1.807) is 17.4 Å². The third-order valence-corrected chi connectivity index (χ3v) is 4.79. The first-order chi connectivity index (χ1) is 10.0. The van der Waals surface area contributed by atoms with Crippen LogP contribution in [0.1, 0.15) is 20.1 Å². The first-order valence-corrected chi connectivity index (χ1v) is 8.13. The van der Waals surface area contributed by atoms with Gasteiger partial charge in [0.1, 0.15) is 13.2 Å². The molecule has 2 aromatic rings. The highest BCUT2D eigenvalue weighted by molar-refractivity contribution is 9.10. The van der Waals surface area contributed by atoms with Crippen molar-refractivity contribution in [2.75, 3.05) is 18.5 Å². The number of hydrogen-bond acceptors (Lipinski definition) is 4. The Kier molecular flexibility index (Phi) is 3.91. The maximum absolute atomic E-state index is 12.4. The minimum Gasteiger partial charge on any atom is -0.486 e. The van der Waals surface area contributed by atoms with Gasteiger partial charge in [-0.2, -0.15) is 0 Å². The SMILES string of the molecule is Cc1cc(C(=O)Nc2cc3c(cc2Br)OCCO3)c(C)s1. The Morgan fingerprint density at radius 2 is 1.86 bits per heavy atom. The second-order valence-electron chi connectivity index (χ2n) is 4.76. The van der Waals surface area contributed by atoms with E-state index in [9.17, 15) is 4.79 Å². The van der Waals surface area contributed by atoms with Gasteiger partial charge in [0, 0.05) is 26.4 Å². The molecule has 0 atom stereocenters. The first-order valence-electron chi connectivity index (χ1n) is 6.52. The standard InChI is InChI=1S/C15H14BrNO3S/c1-8-5-10(9(2)21-8)15(18)17-12-7-14-13(6-11(12)16)19-3-4-20-14/h5-7H,3-4H2,1-2H3,(H,17,18). The van der Waals surface area contributed by atoms with Crippen molar-refractivity contribution in [3.05, 3.63) is 38.0 Å². The average Bonchev–Trinajstić information content (AvgIpc) is 2.78. The van der Waals surface area contributed by atoms with Crippen LogP contribution in [-0.2, 0) is 0 Å². The third kappa shape index (κ3) is 2.91. The summed E-state index contributed by atoms with van der Waals surface area (Å²) in [4.78, 5) is 14.5. The van der Waals surface area contributed by atoms with E-state index in [4.69, 9.17) is 9.47 Å². The van der Waals surface area contributed by atoms with Gasteiger partial charge < -0.3 is 14.8 Å². The van der Waals surface area contributed by atoms with E-state index in [1.807, 2.05) is 26.0 Å². The zero-order valence-electron chi connectivity index (χ0n) is 11.7. The van der Waals surface area contributed by atoms with Crippen LogP contribution < -0.4 is 14.8 Å². The van der Waals surface area contributed by atoms with Crippen LogP contribution in [0.3, 0.4) is 0 Å². The lowest BCUT2D eigenvalue weighted by Gasteiger charge is -2.20. The fourth-order valence-electron chi connectivity index (χ4n) is 2.21. The normalized spacial score (nSPS) is 13.1. The lowest BCUT2D eigenvalue weighted by Crippen LogP contribution is -2.17. The number of amides is 1. The van der Waals surface area contributed by atoms with E-state index < -0.39 is 0 Å². The van der Waals surface area contributed by atoms with Crippen molar-refractivity contribution >= 4 is 38.9 Å². The maximum Gasteiger partial charge on any atom is 0.256 e. The number of carbonyl (C=O) groups is 1. The van der Waals surface area contributed by atoms with Crippen LogP contribution in [0.2, 0.25) is 0 Å². The fourth-order valence-corrected chi connectivity index (χ4v) is 3.55. The Morgan fingerprint density at radius 1 is 1.19 bits per heavy atom. The van der Waals surface area contributed by atoms with Gasteiger partial charge in [0.15, 0.2) is 11.5 Å². The van der Waals surface area contributed by atoms with Crippen LogP contribution in [0, 0.1) is 13.8 Å². The minimum absolute atomic E-state index is 0.116. The average molecular weight is 368 g/mol. The number of rotatable bonds is 2. The molecule has 0 bridgehead atoms. The summed E-state index contributed by atoms with van der Waals surface area (Å²) in [6.45, 7) is 5.00. The zero-order chi connectivity index (χ0) is 15.0. The third-order valence-electron chi connectivity index (χ3n) is 3.17. The Morgan fingerprint density at radius 3 is 2.48 bits per heavy atom. The largest absolute Gasteiger partial charge is 0.486 e. The van der Waals surface area contributed by atoms with Gasteiger partial charge in [-0.05, 0) is 35.8 Å². The van der Waals surface area contributed by atoms with E-state index in [-0.39, 0.29) is 5.91 Å². The van der Waals surface area contributed by atoms with Crippen LogP contribution in [0.15, 0.2) is 22.7 Å². The number of carbonyl (C=O) groups excluding carboxylic acids is 1. The van der Waals surface area contributed by atoms with E-state index in [0.717, 1.165) is 14.2 Å². The molecule has 1 N–H and O–H groups in total. The van der Waals surface area contributed by atoms with Gasteiger partial charge in [-0.1, -0.05) is 0 Å². The molecule has 4 nitrogen and oxygen atoms in total. The summed E-state index contributed by atoms with van der Waals surface area (Å²) in [6, 6.07) is 5.50. The maximum atomic E-state index is 12.4. The molecule has 0 aliphatic carbocycles. The molecule has 0 saturated carbocycles. The Hall–Kier alpha value is -1.53. The number of thiophene rings is 1. The van der Waals surface area contributed by atoms with Gasteiger partial charge in [-0.15, -0.1) is 11.3 Å². The van der Waals surface area contributed by atoms with Crippen LogP contribution in [0.4, 0.5) is 5.69 Å². The molecular formula is C15H14BrNO3S. The summed E-state index contributed by atoms with van der Waals surface area (Å²) < 4.78 is 11.8. The number of aryl methyl sites for hydroxylation is 2. The molecule has 1 amide bonds. The molecule has 0 spiro atoms. The van der Waals surface area contributed by atoms with E-state index in [2.05, 4.69) is 21.2 Å². The van der Waals surface area contributed by atoms with Crippen molar-refractivity contribution in [2.24, 2.45) is 0 Å². The van der Waals surface area contributed by atoms with Crippen molar-refractivity contribution < 1.29 is 14.3 Å². The van der Waals surface area contributed by atoms with Gasteiger partial charge in [-0.3, -0.25) is 4.79 Å². The lowest BCUT2D eigenvalue weighted by atomic mass is 10.2. The van der Waals surface area contributed by atoms with Gasteiger partial charge in [0.25, 0.3) is 5.91 Å². The summed E-state index contributed by atoms with van der Waals surface area (Å²) in [5.41, 5.74) is 1.38. The Bertz CT molecular complexity index is 711. The summed E-state index contributed by atoms with van der Waals surface area (Å²) in [6.07, 6.45) is 0. The number of benzene rings is 1. The molecule has 0 unspecified atom stereocenters. The molecule has 1 aliphatic rings. The van der Waals surface area contributed by atoms with Crippen LogP contribution in [-0.4, -0.2) is 19.1 Å². The molecule has 21 heavy (non-hydrogen) atoms. The molecule has 0 saturated heterocycles. The Balaban J connectivity index is 1.87. The quantitative estimate of drug-likeness (QED) is 0.866. The highest BCUT2D eigenvalue weighted by Crippen LogP contribution is 2.38. The van der Waals surface area contributed by atoms with Crippen LogP contribution in [0.5, 0.6) is 11.5 Å². The topological polar surface area (TPSA) is 47.6 Å². The van der Waals surface area contributed by atoms with Crippen molar-refractivity contribution in [1.29, 1.82) is 0 Å². The molecule has 3 rings (SSSR count). The highest BCUT2D eigenvalue weighted by Gasteiger charge is 2.18. The molecular weight excluding hydrogens is 354 g/mol. The molecule has 1 aromatic heterocycles. The van der Waals surface area contributed by atoms with Gasteiger partial charge >= 0.3 is 0 Å². The summed E-state index contributed by atoms with van der Waals surface area (Å²) >= 11 is 5.07. The zero-order valence-corrected chi connectivity index (χ0v) is 14.1. The molecule has 6 heteroatoms. The van der Waals surface area contributed by atoms with Crippen molar-refractivity contribution in [1.82, 2.24) is 0 Å². The predicted octanol–water partition coefficient (Wildman–Crippen LogP) is 4.15. The minimum atomic E-state index is -0.116. The number of nitrogens with one attached hydrogen (secondary N) is 1. The fraction of sp³-hybridized carbons (Fsp3) is 0.267. The number of halogens is 1. The molecule has 2 heterocycles. The number of ether oxygens (including phenoxy) is 2. The monoisotopic (exact) mass is 367 g/mol. The van der Waals surface area contributed by atoms with Crippen molar-refractivity contribution in [3.8, 4) is 11.5 Å². The predicted molar refractivity (Wildman–Crippen MR) is 86.9 cm³/mol. The first kappa shape index (κ1) is 14.4. The number of hydrogen-bond donors (Lipinski definition) is 1. The number of anilines is 1. The van der Waals surface area contributed by atoms with E-state index in [0.29, 0.717) is 36.0 Å². The highest BCUT2D eigenvalue weighted by atomic mass is 79.9. The van der Waals surface area contributed by atoms with Gasteiger partial charge in [0.05, 0.1) is 11.3 Å². The van der Waals surface area contributed by atoms with E-state index in [1.165, 1.54) is 0 Å². The number of fused-ring (bicyclic) bond motifs is 1. The van der Waals surface area contributed by atoms with Crippen molar-refractivity contribution in [3.63, 3.8) is 0 Å². The van der Waals surface area contributed by atoms with Crippen molar-refractivity contribution in [2.45, 2.75) is 13.8 Å². The summed E-state index contributed by atoms with van der Waals surface area (Å²) in [5.74, 6) is 1.22. The molecule has 0 radical (unpaired) electrons. The second kappa shape index (κ2) is 5.69. The lowest BCUT2D eigenvalue weighted by molar-refractivity contribution is 0.102. The van der Waals surface area contributed by atoms with Crippen LogP contribution >= 0.6 is 27.3 Å². The van der Waals surface area contributed by atoms with Crippen LogP contribution in [0.25, 0.3) is 0 Å². The molecule has 1 aromatic carbocycles. The summed E-state index contributed by atoms with van der Waals surface area (Å²) in [7, 11) is 0. The van der Waals surface area contributed by atoms with Gasteiger partial charge in [0.2, 0.25) is 0 Å². The molecule has 1 aliphatic heterocycles. The van der Waals surface area contributed by atoms with Gasteiger partial charge in [-0.25, -0.2) is 0 Å². The molecule has 110 valence electrons. The second-order valence-corrected chi connectivity index (χ2v) is 7.07. The van der Waals surface area contributed by atoms with E-state index >= 15 is 0 Å². The molecule has 0 fully saturated rings.